The van der Waals surface area contributed by atoms with Crippen molar-refractivity contribution in [2.24, 2.45) is 0 Å². The summed E-state index contributed by atoms with van der Waals surface area (Å²) in [6.45, 7) is 7.53. The zero-order valence-electron chi connectivity index (χ0n) is 17.0. The minimum absolute atomic E-state index is 0.0148. The molecule has 0 bridgehead atoms. The largest absolute Gasteiger partial charge is 0.507 e. The maximum atomic E-state index is 12.5. The summed E-state index contributed by atoms with van der Waals surface area (Å²) >= 11 is 5.88. The molecule has 0 aromatic heterocycles. The van der Waals surface area contributed by atoms with Gasteiger partial charge >= 0.3 is 0 Å². The van der Waals surface area contributed by atoms with Crippen LogP contribution in [0.25, 0.3) is 17.2 Å². The third kappa shape index (κ3) is 5.33. The van der Waals surface area contributed by atoms with Crippen LogP contribution in [0.5, 0.6) is 11.5 Å². The molecule has 3 rings (SSSR count). The van der Waals surface area contributed by atoms with Crippen LogP contribution in [0, 0.1) is 0 Å². The predicted octanol–water partition coefficient (Wildman–Crippen LogP) is 6.77. The molecule has 31 heavy (non-hydrogen) atoms. The predicted molar refractivity (Wildman–Crippen MR) is 128 cm³/mol. The number of ketones is 1. The first kappa shape index (κ1) is 22.1. The number of benzene rings is 3. The van der Waals surface area contributed by atoms with Crippen molar-refractivity contribution in [1.29, 1.82) is 0 Å². The summed E-state index contributed by atoms with van der Waals surface area (Å²) in [7, 11) is 0. The topological polar surface area (TPSA) is 57.5 Å². The SMILES string of the molecule is C=CCc1ccc(O)c(-c2cc(CC=C)cc(C=CC(=O)c3ccc(Cl)cc3)c2O)c1. The van der Waals surface area contributed by atoms with Gasteiger partial charge in [0.2, 0.25) is 0 Å². The maximum absolute atomic E-state index is 12.5. The summed E-state index contributed by atoms with van der Waals surface area (Å²) in [5, 5.41) is 22.0. The first-order valence-corrected chi connectivity index (χ1v) is 10.2. The first-order chi connectivity index (χ1) is 14.9. The molecule has 0 amide bonds. The van der Waals surface area contributed by atoms with Gasteiger partial charge in [0, 0.05) is 27.3 Å². The van der Waals surface area contributed by atoms with Gasteiger partial charge in [-0.25, -0.2) is 0 Å². The number of hydrogen-bond donors (Lipinski definition) is 2. The Bertz CT molecular complexity index is 1160. The van der Waals surface area contributed by atoms with Gasteiger partial charge in [0.15, 0.2) is 5.78 Å². The van der Waals surface area contributed by atoms with Crippen LogP contribution in [0.3, 0.4) is 0 Å². The quantitative estimate of drug-likeness (QED) is 0.235. The van der Waals surface area contributed by atoms with Crippen molar-refractivity contribution in [3.63, 3.8) is 0 Å². The monoisotopic (exact) mass is 430 g/mol. The second kappa shape index (κ2) is 9.96. The maximum Gasteiger partial charge on any atom is 0.185 e. The summed E-state index contributed by atoms with van der Waals surface area (Å²) in [6.07, 6.45) is 7.74. The molecule has 0 saturated heterocycles. The fourth-order valence-electron chi connectivity index (χ4n) is 3.30. The molecule has 2 N–H and O–H groups in total. The number of halogens is 1. The van der Waals surface area contributed by atoms with Crippen molar-refractivity contribution in [3.8, 4) is 22.6 Å². The zero-order valence-corrected chi connectivity index (χ0v) is 17.8. The van der Waals surface area contributed by atoms with Crippen LogP contribution in [0.1, 0.15) is 27.0 Å². The number of rotatable bonds is 8. The molecule has 3 nitrogen and oxygen atoms in total. The Balaban J connectivity index is 2.06. The number of hydrogen-bond acceptors (Lipinski definition) is 3. The fraction of sp³-hybridized carbons (Fsp3) is 0.0741. The number of phenols is 2. The molecule has 0 aliphatic rings. The summed E-state index contributed by atoms with van der Waals surface area (Å²) in [6, 6.07) is 15.5. The summed E-state index contributed by atoms with van der Waals surface area (Å²) in [5.41, 5.74) is 3.84. The molecule has 0 saturated carbocycles. The average Bonchev–Trinajstić information content (AvgIpc) is 2.76. The lowest BCUT2D eigenvalue weighted by atomic mass is 9.94. The normalized spacial score (nSPS) is 10.9. The molecule has 3 aromatic rings. The summed E-state index contributed by atoms with van der Waals surface area (Å²) < 4.78 is 0. The summed E-state index contributed by atoms with van der Waals surface area (Å²) in [5.74, 6) is -0.160. The third-order valence-electron chi connectivity index (χ3n) is 4.85. The van der Waals surface area contributed by atoms with E-state index in [0.29, 0.717) is 40.1 Å². The Morgan fingerprint density at radius 3 is 2.19 bits per heavy atom. The highest BCUT2D eigenvalue weighted by atomic mass is 35.5. The van der Waals surface area contributed by atoms with Crippen LogP contribution in [0.15, 0.2) is 86.0 Å². The van der Waals surface area contributed by atoms with E-state index in [9.17, 15) is 15.0 Å². The van der Waals surface area contributed by atoms with Gasteiger partial charge < -0.3 is 10.2 Å². The lowest BCUT2D eigenvalue weighted by molar-refractivity contribution is 0.104. The molecule has 0 unspecified atom stereocenters. The van der Waals surface area contributed by atoms with E-state index in [1.54, 1.807) is 54.6 Å². The molecule has 0 fully saturated rings. The van der Waals surface area contributed by atoms with Gasteiger partial charge in [0.1, 0.15) is 11.5 Å². The Morgan fingerprint density at radius 2 is 1.52 bits per heavy atom. The second-order valence-corrected chi connectivity index (χ2v) is 7.56. The highest BCUT2D eigenvalue weighted by Gasteiger charge is 2.14. The molecular weight excluding hydrogens is 408 g/mol. The van der Waals surface area contributed by atoms with E-state index >= 15 is 0 Å². The van der Waals surface area contributed by atoms with Gasteiger partial charge in [0.05, 0.1) is 0 Å². The van der Waals surface area contributed by atoms with E-state index in [2.05, 4.69) is 13.2 Å². The van der Waals surface area contributed by atoms with Crippen LogP contribution in [0.2, 0.25) is 5.02 Å². The number of phenolic OH excluding ortho intramolecular Hbond substituents is 2. The molecule has 4 heteroatoms. The number of aromatic hydroxyl groups is 2. The van der Waals surface area contributed by atoms with Gasteiger partial charge in [-0.1, -0.05) is 29.8 Å². The van der Waals surface area contributed by atoms with Gasteiger partial charge in [0.25, 0.3) is 0 Å². The zero-order chi connectivity index (χ0) is 22.4. The molecule has 0 heterocycles. The molecule has 156 valence electrons. The van der Waals surface area contributed by atoms with Crippen LogP contribution in [-0.2, 0) is 12.8 Å². The van der Waals surface area contributed by atoms with E-state index in [1.807, 2.05) is 18.2 Å². The van der Waals surface area contributed by atoms with Gasteiger partial charge in [-0.2, -0.15) is 0 Å². The molecule has 0 atom stereocenters. The molecular formula is C27H23ClO3. The van der Waals surface area contributed by atoms with Crippen molar-refractivity contribution in [1.82, 2.24) is 0 Å². The van der Waals surface area contributed by atoms with Crippen LogP contribution in [0.4, 0.5) is 0 Å². The van der Waals surface area contributed by atoms with E-state index < -0.39 is 0 Å². The highest BCUT2D eigenvalue weighted by molar-refractivity contribution is 6.30. The van der Waals surface area contributed by atoms with Crippen LogP contribution >= 0.6 is 11.6 Å². The van der Waals surface area contributed by atoms with Crippen molar-refractivity contribution < 1.29 is 15.0 Å². The van der Waals surface area contributed by atoms with Crippen molar-refractivity contribution in [3.05, 3.63) is 113 Å². The minimum Gasteiger partial charge on any atom is -0.507 e. The standard InChI is InChI=1S/C27H23ClO3/c1-3-5-18-7-13-26(30)23(16-18)24-17-19(6-4-2)15-21(27(24)31)10-14-25(29)20-8-11-22(28)12-9-20/h3-4,7-17,30-31H,1-2,5-6H2. The second-order valence-electron chi connectivity index (χ2n) is 7.12. The lowest BCUT2D eigenvalue weighted by Crippen LogP contribution is -1.94. The minimum atomic E-state index is -0.206. The Kier molecular flexibility index (Phi) is 7.11. The smallest absolute Gasteiger partial charge is 0.185 e. The van der Waals surface area contributed by atoms with Gasteiger partial charge in [-0.05, 0) is 84.7 Å². The van der Waals surface area contributed by atoms with Crippen molar-refractivity contribution >= 4 is 23.5 Å². The molecule has 3 aromatic carbocycles. The van der Waals surface area contributed by atoms with Crippen LogP contribution < -0.4 is 0 Å². The third-order valence-corrected chi connectivity index (χ3v) is 5.11. The van der Waals surface area contributed by atoms with E-state index in [0.717, 1.165) is 11.1 Å². The van der Waals surface area contributed by atoms with Crippen LogP contribution in [-0.4, -0.2) is 16.0 Å². The van der Waals surface area contributed by atoms with Gasteiger partial charge in [-0.15, -0.1) is 13.2 Å². The first-order valence-electron chi connectivity index (χ1n) is 9.81. The summed E-state index contributed by atoms with van der Waals surface area (Å²) in [4.78, 5) is 12.5. The molecule has 0 aliphatic carbocycles. The number of carbonyl (C=O) groups excluding carboxylic acids is 1. The molecule has 0 spiro atoms. The molecule has 0 aliphatic heterocycles. The van der Waals surface area contributed by atoms with E-state index in [1.165, 1.54) is 6.08 Å². The highest BCUT2D eigenvalue weighted by Crippen LogP contribution is 2.39. The van der Waals surface area contributed by atoms with E-state index in [-0.39, 0.29) is 17.3 Å². The van der Waals surface area contributed by atoms with Crippen molar-refractivity contribution in [2.75, 3.05) is 0 Å². The lowest BCUT2D eigenvalue weighted by Gasteiger charge is -2.13. The Morgan fingerprint density at radius 1 is 0.871 bits per heavy atom. The van der Waals surface area contributed by atoms with Crippen molar-refractivity contribution in [2.45, 2.75) is 12.8 Å². The Labute approximate surface area is 187 Å². The fourth-order valence-corrected chi connectivity index (χ4v) is 3.43. The number of allylic oxidation sites excluding steroid dienone is 3. The van der Waals surface area contributed by atoms with Gasteiger partial charge in [-0.3, -0.25) is 4.79 Å². The Hall–Kier alpha value is -3.56. The molecule has 0 radical (unpaired) electrons. The van der Waals surface area contributed by atoms with E-state index in [4.69, 9.17) is 11.6 Å². The average molecular weight is 431 g/mol. The number of carbonyl (C=O) groups is 1.